The van der Waals surface area contributed by atoms with Gasteiger partial charge >= 0.3 is 0 Å². The molecule has 1 atom stereocenters. The van der Waals surface area contributed by atoms with Crippen LogP contribution in [0.5, 0.6) is 0 Å². The molecule has 0 saturated heterocycles. The molecule has 0 radical (unpaired) electrons. The van der Waals surface area contributed by atoms with Crippen molar-refractivity contribution in [2.24, 2.45) is 0 Å². The molecule has 8 heteroatoms. The van der Waals surface area contributed by atoms with Gasteiger partial charge in [0.1, 0.15) is 5.58 Å². The molecule has 0 bridgehead atoms. The monoisotopic (exact) mass is 420 g/mol. The van der Waals surface area contributed by atoms with Gasteiger partial charge < -0.3 is 13.9 Å². The van der Waals surface area contributed by atoms with Gasteiger partial charge in [-0.05, 0) is 42.3 Å². The number of carbonyl (C=O) groups is 1. The predicted octanol–water partition coefficient (Wildman–Crippen LogP) is 3.67. The summed E-state index contributed by atoms with van der Waals surface area (Å²) in [5.41, 5.74) is 1.28. The van der Waals surface area contributed by atoms with Gasteiger partial charge in [-0.1, -0.05) is 11.6 Å². The van der Waals surface area contributed by atoms with Gasteiger partial charge in [-0.3, -0.25) is 14.6 Å². The SMILES string of the molecule is O=C1c2oc3ccc(Cl)cc3c(=O)c2C(c2ccncc2)N1CCCn1ccnc1. The summed E-state index contributed by atoms with van der Waals surface area (Å²) in [4.78, 5) is 36.5. The molecule has 0 aliphatic carbocycles. The number of hydrogen-bond acceptors (Lipinski definition) is 5. The van der Waals surface area contributed by atoms with Crippen LogP contribution in [0.3, 0.4) is 0 Å². The van der Waals surface area contributed by atoms with Crippen molar-refractivity contribution < 1.29 is 9.21 Å². The Bertz CT molecular complexity index is 1290. The summed E-state index contributed by atoms with van der Waals surface area (Å²) in [6, 6.07) is 7.95. The highest BCUT2D eigenvalue weighted by molar-refractivity contribution is 6.31. The highest BCUT2D eigenvalue weighted by Crippen LogP contribution is 2.38. The summed E-state index contributed by atoms with van der Waals surface area (Å²) >= 11 is 6.10. The molecule has 0 fully saturated rings. The van der Waals surface area contributed by atoms with Crippen molar-refractivity contribution in [1.29, 1.82) is 0 Å². The summed E-state index contributed by atoms with van der Waals surface area (Å²) < 4.78 is 7.86. The fourth-order valence-corrected chi connectivity index (χ4v) is 4.13. The average molecular weight is 421 g/mol. The minimum atomic E-state index is -0.530. The molecule has 1 amide bonds. The van der Waals surface area contributed by atoms with Gasteiger partial charge in [-0.2, -0.15) is 0 Å². The van der Waals surface area contributed by atoms with Crippen molar-refractivity contribution in [2.75, 3.05) is 6.54 Å². The van der Waals surface area contributed by atoms with Gasteiger partial charge in [0.05, 0.1) is 23.3 Å². The first kappa shape index (κ1) is 18.6. The third kappa shape index (κ3) is 3.07. The summed E-state index contributed by atoms with van der Waals surface area (Å²) in [7, 11) is 0. The molecule has 0 spiro atoms. The molecule has 3 aromatic heterocycles. The van der Waals surface area contributed by atoms with Crippen molar-refractivity contribution in [2.45, 2.75) is 19.0 Å². The summed E-state index contributed by atoms with van der Waals surface area (Å²) in [6.07, 6.45) is 9.35. The topological polar surface area (TPSA) is 81.2 Å². The van der Waals surface area contributed by atoms with Crippen LogP contribution in [-0.2, 0) is 6.54 Å². The van der Waals surface area contributed by atoms with E-state index in [1.54, 1.807) is 48.0 Å². The second kappa shape index (κ2) is 7.42. The van der Waals surface area contributed by atoms with E-state index in [4.69, 9.17) is 16.0 Å². The number of aromatic nitrogens is 3. The standard InChI is InChI=1S/C22H17ClN4O3/c23-15-2-3-17-16(12-15)20(28)18-19(14-4-6-24-7-5-14)27(22(29)21(18)30-17)10-1-9-26-11-8-25-13-26/h2-8,11-13,19H,1,9-10H2. The number of imidazole rings is 1. The van der Waals surface area contributed by atoms with Crippen LogP contribution in [-0.4, -0.2) is 31.9 Å². The molecule has 1 aliphatic rings. The molecule has 1 aromatic carbocycles. The number of fused-ring (bicyclic) bond motifs is 2. The van der Waals surface area contributed by atoms with Crippen LogP contribution in [0.4, 0.5) is 0 Å². The fraction of sp³-hybridized carbons (Fsp3) is 0.182. The van der Waals surface area contributed by atoms with E-state index in [1.807, 2.05) is 22.9 Å². The maximum atomic E-state index is 13.4. The van der Waals surface area contributed by atoms with Crippen molar-refractivity contribution in [3.05, 3.63) is 93.6 Å². The zero-order valence-electron chi connectivity index (χ0n) is 15.9. The number of pyridine rings is 1. The zero-order chi connectivity index (χ0) is 20.7. The predicted molar refractivity (Wildman–Crippen MR) is 111 cm³/mol. The van der Waals surface area contributed by atoms with E-state index in [-0.39, 0.29) is 17.1 Å². The number of aryl methyl sites for hydroxylation is 1. The van der Waals surface area contributed by atoms with E-state index in [0.717, 1.165) is 5.56 Å². The molecule has 1 unspecified atom stereocenters. The Morgan fingerprint density at radius 2 is 1.87 bits per heavy atom. The van der Waals surface area contributed by atoms with Crippen molar-refractivity contribution in [3.63, 3.8) is 0 Å². The minimum absolute atomic E-state index is 0.0965. The summed E-state index contributed by atoms with van der Waals surface area (Å²) in [5, 5.41) is 0.810. The van der Waals surface area contributed by atoms with Crippen molar-refractivity contribution in [1.82, 2.24) is 19.4 Å². The van der Waals surface area contributed by atoms with Crippen LogP contribution in [0.15, 0.2) is 70.7 Å². The molecule has 4 heterocycles. The lowest BCUT2D eigenvalue weighted by Gasteiger charge is -2.25. The summed E-state index contributed by atoms with van der Waals surface area (Å²) in [5.74, 6) is -0.189. The van der Waals surface area contributed by atoms with Crippen LogP contribution in [0.25, 0.3) is 11.0 Å². The van der Waals surface area contributed by atoms with Crippen LogP contribution >= 0.6 is 11.6 Å². The molecule has 7 nitrogen and oxygen atoms in total. The molecule has 0 saturated carbocycles. The first-order chi connectivity index (χ1) is 14.6. The van der Waals surface area contributed by atoms with E-state index >= 15 is 0 Å². The molecular formula is C22H17ClN4O3. The Kier molecular flexibility index (Phi) is 4.59. The van der Waals surface area contributed by atoms with Gasteiger partial charge in [-0.25, -0.2) is 4.98 Å². The Labute approximate surface area is 176 Å². The number of benzene rings is 1. The van der Waals surface area contributed by atoms with Crippen LogP contribution in [0.1, 0.15) is 34.1 Å². The molecule has 0 N–H and O–H groups in total. The van der Waals surface area contributed by atoms with Gasteiger partial charge in [-0.15, -0.1) is 0 Å². The Hall–Kier alpha value is -3.45. The number of rotatable bonds is 5. The van der Waals surface area contributed by atoms with Crippen LogP contribution < -0.4 is 5.43 Å². The first-order valence-corrected chi connectivity index (χ1v) is 9.94. The lowest BCUT2D eigenvalue weighted by atomic mass is 9.99. The van der Waals surface area contributed by atoms with E-state index < -0.39 is 6.04 Å². The largest absolute Gasteiger partial charge is 0.450 e. The number of amides is 1. The fourth-order valence-electron chi connectivity index (χ4n) is 3.96. The average Bonchev–Trinajstić information content (AvgIpc) is 3.37. The number of halogens is 1. The number of hydrogen-bond donors (Lipinski definition) is 0. The Morgan fingerprint density at radius 3 is 2.63 bits per heavy atom. The number of carbonyl (C=O) groups excluding carboxylic acids is 1. The second-order valence-electron chi connectivity index (χ2n) is 7.15. The van der Waals surface area contributed by atoms with Gasteiger partial charge in [0.15, 0.2) is 5.43 Å². The second-order valence-corrected chi connectivity index (χ2v) is 7.59. The normalized spacial score (nSPS) is 15.7. The highest BCUT2D eigenvalue weighted by Gasteiger charge is 2.42. The number of nitrogens with zero attached hydrogens (tertiary/aromatic N) is 4. The Morgan fingerprint density at radius 1 is 1.03 bits per heavy atom. The lowest BCUT2D eigenvalue weighted by Crippen LogP contribution is -2.31. The van der Waals surface area contributed by atoms with Gasteiger partial charge in [0, 0.05) is 42.9 Å². The Balaban J connectivity index is 1.60. The molecule has 5 rings (SSSR count). The van der Waals surface area contributed by atoms with Crippen LogP contribution in [0.2, 0.25) is 5.02 Å². The molecule has 4 aromatic rings. The summed E-state index contributed by atoms with van der Waals surface area (Å²) in [6.45, 7) is 1.17. The van der Waals surface area contributed by atoms with E-state index in [9.17, 15) is 9.59 Å². The van der Waals surface area contributed by atoms with E-state index in [0.29, 0.717) is 41.1 Å². The van der Waals surface area contributed by atoms with Crippen molar-refractivity contribution in [3.8, 4) is 0 Å². The third-order valence-corrected chi connectivity index (χ3v) is 5.56. The molecular weight excluding hydrogens is 404 g/mol. The van der Waals surface area contributed by atoms with E-state index in [2.05, 4.69) is 9.97 Å². The molecule has 30 heavy (non-hydrogen) atoms. The van der Waals surface area contributed by atoms with Crippen LogP contribution in [0, 0.1) is 0 Å². The quantitative estimate of drug-likeness (QED) is 0.492. The highest BCUT2D eigenvalue weighted by atomic mass is 35.5. The maximum Gasteiger partial charge on any atom is 0.290 e. The first-order valence-electron chi connectivity index (χ1n) is 9.56. The van der Waals surface area contributed by atoms with Crippen molar-refractivity contribution >= 4 is 28.5 Å². The smallest absolute Gasteiger partial charge is 0.290 e. The minimum Gasteiger partial charge on any atom is -0.450 e. The van der Waals surface area contributed by atoms with Gasteiger partial charge in [0.25, 0.3) is 5.91 Å². The third-order valence-electron chi connectivity index (χ3n) is 5.32. The molecule has 1 aliphatic heterocycles. The maximum absolute atomic E-state index is 13.4. The van der Waals surface area contributed by atoms with Gasteiger partial charge in [0.2, 0.25) is 5.76 Å². The lowest BCUT2D eigenvalue weighted by molar-refractivity contribution is 0.0723. The van der Waals surface area contributed by atoms with E-state index in [1.165, 1.54) is 0 Å². The molecule has 150 valence electrons. The zero-order valence-corrected chi connectivity index (χ0v) is 16.6.